The topological polar surface area (TPSA) is 72.6 Å². The van der Waals surface area contributed by atoms with Gasteiger partial charge in [0.2, 0.25) is 10.0 Å². The number of morpholine rings is 1. The van der Waals surface area contributed by atoms with Crippen molar-refractivity contribution in [3.63, 3.8) is 0 Å². The fraction of sp³-hybridized carbons (Fsp3) is 0.462. The molecular weight excluding hydrogens is 296 g/mol. The van der Waals surface area contributed by atoms with E-state index in [1.54, 1.807) is 18.2 Å². The molecule has 108 valence electrons. The van der Waals surface area contributed by atoms with Gasteiger partial charge in [-0.3, -0.25) is 0 Å². The van der Waals surface area contributed by atoms with Crippen molar-refractivity contribution in [3.8, 4) is 0 Å². The number of hydrogen-bond acceptors (Lipinski definition) is 4. The first-order chi connectivity index (χ1) is 9.46. The number of sulfonamides is 1. The summed E-state index contributed by atoms with van der Waals surface area (Å²) in [6.45, 7) is 0.853. The van der Waals surface area contributed by atoms with E-state index in [9.17, 15) is 8.42 Å². The van der Waals surface area contributed by atoms with Crippen molar-refractivity contribution in [1.29, 1.82) is 0 Å². The molecule has 7 heteroatoms. The molecule has 2 aliphatic heterocycles. The van der Waals surface area contributed by atoms with Crippen LogP contribution in [-0.2, 0) is 14.8 Å². The third-order valence-corrected chi connectivity index (χ3v) is 5.83. The van der Waals surface area contributed by atoms with E-state index in [0.29, 0.717) is 18.7 Å². The number of nitrogens with two attached hydrogens (primary N) is 1. The van der Waals surface area contributed by atoms with Crippen molar-refractivity contribution < 1.29 is 13.2 Å². The lowest BCUT2D eigenvalue weighted by atomic mass is 10.2. The van der Waals surface area contributed by atoms with Crippen LogP contribution in [0.1, 0.15) is 18.4 Å². The lowest BCUT2D eigenvalue weighted by Crippen LogP contribution is -2.45. The van der Waals surface area contributed by atoms with Crippen LogP contribution >= 0.6 is 12.2 Å². The molecule has 2 saturated heterocycles. The number of thiocarbonyl (C=S) groups is 1. The van der Waals surface area contributed by atoms with E-state index in [1.807, 2.05) is 0 Å². The maximum absolute atomic E-state index is 12.7. The zero-order valence-electron chi connectivity index (χ0n) is 10.9. The maximum atomic E-state index is 12.7. The predicted molar refractivity (Wildman–Crippen MR) is 79.0 cm³/mol. The summed E-state index contributed by atoms with van der Waals surface area (Å²) in [7, 11) is -3.51. The number of fused-ring (bicyclic) bond motifs is 2. The molecule has 2 unspecified atom stereocenters. The molecule has 2 heterocycles. The predicted octanol–water partition coefficient (Wildman–Crippen LogP) is 0.873. The summed E-state index contributed by atoms with van der Waals surface area (Å²) in [5, 5.41) is 0. The average Bonchev–Trinajstić information content (AvgIpc) is 2.77. The zero-order valence-corrected chi connectivity index (χ0v) is 12.5. The molecule has 0 saturated carbocycles. The van der Waals surface area contributed by atoms with Gasteiger partial charge in [-0.05, 0) is 25.0 Å². The molecule has 20 heavy (non-hydrogen) atoms. The molecule has 0 amide bonds. The van der Waals surface area contributed by atoms with E-state index in [-0.39, 0.29) is 22.1 Å². The molecule has 2 N–H and O–H groups in total. The minimum atomic E-state index is -3.51. The smallest absolute Gasteiger partial charge is 0.243 e. The molecule has 1 aromatic carbocycles. The first-order valence-corrected chi connectivity index (χ1v) is 8.37. The lowest BCUT2D eigenvalue weighted by Gasteiger charge is -2.31. The van der Waals surface area contributed by atoms with Crippen LogP contribution in [0.25, 0.3) is 0 Å². The second-order valence-electron chi connectivity index (χ2n) is 5.17. The number of nitrogens with zero attached hydrogens (tertiary/aromatic N) is 1. The Bertz CT molecular complexity index is 633. The SMILES string of the molecule is NC(=S)c1cccc(S(=O)(=O)N2CC3CCC(C2)O3)c1. The van der Waals surface area contributed by atoms with Crippen LogP contribution in [-0.4, -0.2) is 43.0 Å². The highest BCUT2D eigenvalue weighted by Crippen LogP contribution is 2.30. The van der Waals surface area contributed by atoms with Crippen molar-refractivity contribution in [3.05, 3.63) is 29.8 Å². The fourth-order valence-electron chi connectivity index (χ4n) is 2.73. The number of rotatable bonds is 3. The van der Waals surface area contributed by atoms with Gasteiger partial charge in [0.25, 0.3) is 0 Å². The highest BCUT2D eigenvalue weighted by Gasteiger charge is 2.39. The van der Waals surface area contributed by atoms with E-state index < -0.39 is 10.0 Å². The summed E-state index contributed by atoms with van der Waals surface area (Å²) in [6.07, 6.45) is 1.93. The molecular formula is C13H16N2O3S2. The summed E-state index contributed by atoms with van der Waals surface area (Å²) < 4.78 is 32.5. The molecule has 1 aromatic rings. The van der Waals surface area contributed by atoms with Gasteiger partial charge in [-0.1, -0.05) is 24.4 Å². The Labute approximate surface area is 123 Å². The van der Waals surface area contributed by atoms with Gasteiger partial charge >= 0.3 is 0 Å². The van der Waals surface area contributed by atoms with Gasteiger partial charge in [0.15, 0.2) is 0 Å². The summed E-state index contributed by atoms with van der Waals surface area (Å²) in [5.41, 5.74) is 6.13. The van der Waals surface area contributed by atoms with Crippen LogP contribution in [0.4, 0.5) is 0 Å². The molecule has 3 rings (SSSR count). The van der Waals surface area contributed by atoms with Gasteiger partial charge in [-0.15, -0.1) is 0 Å². The van der Waals surface area contributed by atoms with E-state index in [2.05, 4.69) is 0 Å². The highest BCUT2D eigenvalue weighted by atomic mass is 32.2. The minimum absolute atomic E-state index is 0.0299. The highest BCUT2D eigenvalue weighted by molar-refractivity contribution is 7.89. The minimum Gasteiger partial charge on any atom is -0.389 e. The Kier molecular flexibility index (Phi) is 3.53. The molecule has 2 atom stereocenters. The van der Waals surface area contributed by atoms with Gasteiger partial charge in [0.1, 0.15) is 4.99 Å². The molecule has 2 aliphatic rings. The molecule has 5 nitrogen and oxygen atoms in total. The van der Waals surface area contributed by atoms with E-state index >= 15 is 0 Å². The Morgan fingerprint density at radius 1 is 1.30 bits per heavy atom. The van der Waals surface area contributed by atoms with E-state index in [1.165, 1.54) is 10.4 Å². The molecule has 0 spiro atoms. The van der Waals surface area contributed by atoms with E-state index in [0.717, 1.165) is 12.8 Å². The Balaban J connectivity index is 1.92. The Hall–Kier alpha value is -1.02. The first kappa shape index (κ1) is 13.9. The van der Waals surface area contributed by atoms with Crippen LogP contribution in [0.15, 0.2) is 29.2 Å². The maximum Gasteiger partial charge on any atom is 0.243 e. The third-order valence-electron chi connectivity index (χ3n) is 3.77. The van der Waals surface area contributed by atoms with Crippen LogP contribution in [0, 0.1) is 0 Å². The average molecular weight is 312 g/mol. The van der Waals surface area contributed by atoms with Crippen LogP contribution in [0.2, 0.25) is 0 Å². The van der Waals surface area contributed by atoms with Crippen LogP contribution in [0.3, 0.4) is 0 Å². The van der Waals surface area contributed by atoms with E-state index in [4.69, 9.17) is 22.7 Å². The summed E-state index contributed by atoms with van der Waals surface area (Å²) in [4.78, 5) is 0.438. The molecule has 0 aliphatic carbocycles. The van der Waals surface area contributed by atoms with Crippen LogP contribution < -0.4 is 5.73 Å². The monoisotopic (exact) mass is 312 g/mol. The Morgan fingerprint density at radius 3 is 2.55 bits per heavy atom. The quantitative estimate of drug-likeness (QED) is 0.839. The van der Waals surface area contributed by atoms with Crippen LogP contribution in [0.5, 0.6) is 0 Å². The number of ether oxygens (including phenoxy) is 1. The molecule has 0 radical (unpaired) electrons. The second-order valence-corrected chi connectivity index (χ2v) is 7.55. The van der Waals surface area contributed by atoms with Gasteiger partial charge in [0.05, 0.1) is 17.1 Å². The largest absolute Gasteiger partial charge is 0.389 e. The molecule has 0 aromatic heterocycles. The third kappa shape index (κ3) is 2.46. The number of hydrogen-bond donors (Lipinski definition) is 1. The van der Waals surface area contributed by atoms with Crippen molar-refractivity contribution in [2.45, 2.75) is 29.9 Å². The lowest BCUT2D eigenvalue weighted by molar-refractivity contribution is -0.0114. The first-order valence-electron chi connectivity index (χ1n) is 6.52. The van der Waals surface area contributed by atoms with Crippen molar-refractivity contribution >= 4 is 27.2 Å². The van der Waals surface area contributed by atoms with Gasteiger partial charge < -0.3 is 10.5 Å². The molecule has 2 bridgehead atoms. The van der Waals surface area contributed by atoms with Crippen molar-refractivity contribution in [1.82, 2.24) is 4.31 Å². The summed E-state index contributed by atoms with van der Waals surface area (Å²) in [5.74, 6) is 0. The van der Waals surface area contributed by atoms with Gasteiger partial charge in [-0.25, -0.2) is 8.42 Å². The van der Waals surface area contributed by atoms with Gasteiger partial charge in [-0.2, -0.15) is 4.31 Å². The van der Waals surface area contributed by atoms with Gasteiger partial charge in [0, 0.05) is 18.7 Å². The second kappa shape index (κ2) is 5.07. The van der Waals surface area contributed by atoms with Crippen molar-refractivity contribution in [2.24, 2.45) is 5.73 Å². The standard InChI is InChI=1S/C13H16N2O3S2/c14-13(19)9-2-1-3-12(6-9)20(16,17)15-7-10-4-5-11(8-15)18-10/h1-3,6,10-11H,4-5,7-8H2,(H2,14,19). The number of benzene rings is 1. The molecule has 2 fully saturated rings. The Morgan fingerprint density at radius 2 is 1.95 bits per heavy atom. The summed E-state index contributed by atoms with van der Waals surface area (Å²) in [6, 6.07) is 6.49. The zero-order chi connectivity index (χ0) is 14.3. The fourth-order valence-corrected chi connectivity index (χ4v) is 4.41. The van der Waals surface area contributed by atoms with Crippen molar-refractivity contribution in [2.75, 3.05) is 13.1 Å². The normalized spacial score (nSPS) is 26.6. The summed E-state index contributed by atoms with van der Waals surface area (Å²) >= 11 is 4.90.